The van der Waals surface area contributed by atoms with Gasteiger partial charge in [-0.05, 0) is 42.8 Å². The number of ether oxygens (including phenoxy) is 3. The summed E-state index contributed by atoms with van der Waals surface area (Å²) in [4.78, 5) is 22.5. The molecular formula is C23H24O6. The number of carbonyl (C=O) groups is 2. The SMILES string of the molecule is C=CCOc1cccc(OCCCOc2ccc(C=CC(=O)O)cc2)c1C(C)=O. The highest BCUT2D eigenvalue weighted by molar-refractivity contribution is 5.99. The topological polar surface area (TPSA) is 82.1 Å². The lowest BCUT2D eigenvalue weighted by Gasteiger charge is -2.14. The number of carboxylic acids is 1. The van der Waals surface area contributed by atoms with Gasteiger partial charge in [0.15, 0.2) is 5.78 Å². The molecule has 0 heterocycles. The molecule has 2 aromatic carbocycles. The van der Waals surface area contributed by atoms with Crippen molar-refractivity contribution in [1.29, 1.82) is 0 Å². The predicted molar refractivity (Wildman–Crippen MR) is 111 cm³/mol. The van der Waals surface area contributed by atoms with Gasteiger partial charge in [-0.25, -0.2) is 4.79 Å². The van der Waals surface area contributed by atoms with Gasteiger partial charge in [-0.2, -0.15) is 0 Å². The Hall–Kier alpha value is -3.54. The number of hydrogen-bond donors (Lipinski definition) is 1. The molecule has 1 N–H and O–H groups in total. The van der Waals surface area contributed by atoms with Crippen LogP contribution in [0, 0.1) is 0 Å². The molecule has 0 aliphatic rings. The van der Waals surface area contributed by atoms with Gasteiger partial charge < -0.3 is 19.3 Å². The molecule has 6 heteroatoms. The summed E-state index contributed by atoms with van der Waals surface area (Å²) in [5.41, 5.74) is 1.19. The van der Waals surface area contributed by atoms with E-state index in [1.807, 2.05) is 0 Å². The Morgan fingerprint density at radius 1 is 1.00 bits per heavy atom. The van der Waals surface area contributed by atoms with E-state index in [9.17, 15) is 9.59 Å². The number of benzene rings is 2. The Balaban J connectivity index is 1.84. The summed E-state index contributed by atoms with van der Waals surface area (Å²) in [5.74, 6) is 0.516. The van der Waals surface area contributed by atoms with E-state index in [4.69, 9.17) is 19.3 Å². The normalized spacial score (nSPS) is 10.5. The summed E-state index contributed by atoms with van der Waals surface area (Å²) in [5, 5.41) is 8.63. The quantitative estimate of drug-likeness (QED) is 0.248. The molecule has 29 heavy (non-hydrogen) atoms. The Morgan fingerprint density at radius 2 is 1.66 bits per heavy atom. The van der Waals surface area contributed by atoms with Crippen molar-refractivity contribution in [3.05, 3.63) is 72.3 Å². The minimum Gasteiger partial charge on any atom is -0.493 e. The summed E-state index contributed by atoms with van der Waals surface area (Å²) >= 11 is 0. The average Bonchev–Trinajstić information content (AvgIpc) is 2.71. The second kappa shape index (κ2) is 11.3. The van der Waals surface area contributed by atoms with Crippen molar-refractivity contribution in [1.82, 2.24) is 0 Å². The molecule has 0 bridgehead atoms. The van der Waals surface area contributed by atoms with Crippen LogP contribution >= 0.6 is 0 Å². The lowest BCUT2D eigenvalue weighted by molar-refractivity contribution is -0.131. The number of hydrogen-bond acceptors (Lipinski definition) is 5. The lowest BCUT2D eigenvalue weighted by atomic mass is 10.1. The standard InChI is InChI=1S/C23H24O6/c1-3-14-28-20-6-4-7-21(23(20)17(2)24)29-16-5-15-27-19-11-8-18(9-12-19)10-13-22(25)26/h3-4,6-13H,1,5,14-16H2,2H3,(H,25,26). The maximum atomic E-state index is 12.0. The van der Waals surface area contributed by atoms with Crippen LogP contribution in [0.15, 0.2) is 61.2 Å². The summed E-state index contributed by atoms with van der Waals surface area (Å²) < 4.78 is 16.9. The van der Waals surface area contributed by atoms with Crippen LogP contribution in [0.4, 0.5) is 0 Å². The van der Waals surface area contributed by atoms with Gasteiger partial charge in [0.2, 0.25) is 0 Å². The van der Waals surface area contributed by atoms with Gasteiger partial charge in [0.05, 0.1) is 13.2 Å². The summed E-state index contributed by atoms with van der Waals surface area (Å²) in [6.07, 6.45) is 4.83. The minimum atomic E-state index is -0.990. The molecule has 0 aliphatic heterocycles. The zero-order valence-electron chi connectivity index (χ0n) is 16.3. The van der Waals surface area contributed by atoms with E-state index in [2.05, 4.69) is 6.58 Å². The maximum Gasteiger partial charge on any atom is 0.328 e. The molecule has 2 aromatic rings. The van der Waals surface area contributed by atoms with Gasteiger partial charge in [0.25, 0.3) is 0 Å². The number of carbonyl (C=O) groups excluding carboxylic acids is 1. The Morgan fingerprint density at radius 3 is 2.28 bits per heavy atom. The Kier molecular flexibility index (Phi) is 8.51. The average molecular weight is 396 g/mol. The molecule has 0 radical (unpaired) electrons. The second-order valence-corrected chi connectivity index (χ2v) is 6.08. The van der Waals surface area contributed by atoms with Gasteiger partial charge in [0, 0.05) is 12.5 Å². The molecule has 0 atom stereocenters. The Bertz CT molecular complexity index is 867. The zero-order chi connectivity index (χ0) is 21.1. The maximum absolute atomic E-state index is 12.0. The fourth-order valence-electron chi connectivity index (χ4n) is 2.52. The molecular weight excluding hydrogens is 372 g/mol. The van der Waals surface area contributed by atoms with Crippen molar-refractivity contribution in [2.45, 2.75) is 13.3 Å². The fraction of sp³-hybridized carbons (Fsp3) is 0.217. The van der Waals surface area contributed by atoms with Crippen molar-refractivity contribution >= 4 is 17.8 Å². The van der Waals surface area contributed by atoms with Crippen molar-refractivity contribution in [3.8, 4) is 17.2 Å². The van der Waals surface area contributed by atoms with Crippen LogP contribution in [0.2, 0.25) is 0 Å². The lowest BCUT2D eigenvalue weighted by Crippen LogP contribution is -2.09. The first-order valence-corrected chi connectivity index (χ1v) is 9.15. The van der Waals surface area contributed by atoms with Gasteiger partial charge in [0.1, 0.15) is 29.4 Å². The molecule has 6 nitrogen and oxygen atoms in total. The molecule has 0 aromatic heterocycles. The minimum absolute atomic E-state index is 0.132. The van der Waals surface area contributed by atoms with E-state index in [1.54, 1.807) is 48.5 Å². The van der Waals surface area contributed by atoms with Crippen LogP contribution in [0.1, 0.15) is 29.3 Å². The molecule has 0 spiro atoms. The molecule has 0 saturated carbocycles. The number of rotatable bonds is 12. The first-order chi connectivity index (χ1) is 14.0. The van der Waals surface area contributed by atoms with Gasteiger partial charge >= 0.3 is 5.97 Å². The first-order valence-electron chi connectivity index (χ1n) is 9.15. The number of ketones is 1. The molecule has 0 amide bonds. The third-order valence-electron chi connectivity index (χ3n) is 3.81. The second-order valence-electron chi connectivity index (χ2n) is 6.08. The third-order valence-corrected chi connectivity index (χ3v) is 3.81. The number of aliphatic carboxylic acids is 1. The third kappa shape index (κ3) is 7.18. The van der Waals surface area contributed by atoms with Crippen molar-refractivity contribution in [3.63, 3.8) is 0 Å². The molecule has 152 valence electrons. The van der Waals surface area contributed by atoms with E-state index in [1.165, 1.54) is 13.0 Å². The first kappa shape index (κ1) is 21.8. The predicted octanol–water partition coefficient (Wildman–Crippen LogP) is 4.40. The van der Waals surface area contributed by atoms with Crippen LogP contribution in [0.5, 0.6) is 17.2 Å². The van der Waals surface area contributed by atoms with Crippen LogP contribution in [-0.2, 0) is 4.79 Å². The molecule has 0 saturated heterocycles. The van der Waals surface area contributed by atoms with E-state index in [0.717, 1.165) is 11.6 Å². The van der Waals surface area contributed by atoms with Gasteiger partial charge in [-0.1, -0.05) is 30.9 Å². The highest BCUT2D eigenvalue weighted by Gasteiger charge is 2.15. The van der Waals surface area contributed by atoms with Crippen molar-refractivity contribution in [2.75, 3.05) is 19.8 Å². The van der Waals surface area contributed by atoms with Gasteiger partial charge in [-0.15, -0.1) is 0 Å². The van der Waals surface area contributed by atoms with Crippen molar-refractivity contribution < 1.29 is 28.9 Å². The summed E-state index contributed by atoms with van der Waals surface area (Å²) in [7, 11) is 0. The molecule has 2 rings (SSSR count). The zero-order valence-corrected chi connectivity index (χ0v) is 16.3. The van der Waals surface area contributed by atoms with E-state index in [-0.39, 0.29) is 5.78 Å². The molecule has 0 aliphatic carbocycles. The van der Waals surface area contributed by atoms with E-state index < -0.39 is 5.97 Å². The van der Waals surface area contributed by atoms with Crippen LogP contribution in [0.25, 0.3) is 6.08 Å². The van der Waals surface area contributed by atoms with E-state index in [0.29, 0.717) is 49.1 Å². The smallest absolute Gasteiger partial charge is 0.328 e. The highest BCUT2D eigenvalue weighted by Crippen LogP contribution is 2.29. The number of Topliss-reactive ketones (excluding diaryl/α,β-unsaturated/α-hetero) is 1. The van der Waals surface area contributed by atoms with Crippen LogP contribution in [-0.4, -0.2) is 36.7 Å². The van der Waals surface area contributed by atoms with E-state index >= 15 is 0 Å². The molecule has 0 unspecified atom stereocenters. The monoisotopic (exact) mass is 396 g/mol. The van der Waals surface area contributed by atoms with Crippen LogP contribution < -0.4 is 14.2 Å². The Labute approximate surface area is 170 Å². The molecule has 0 fully saturated rings. The summed E-state index contributed by atoms with van der Waals surface area (Å²) in [6, 6.07) is 12.3. The summed E-state index contributed by atoms with van der Waals surface area (Å²) in [6.45, 7) is 6.20. The largest absolute Gasteiger partial charge is 0.493 e. The highest BCUT2D eigenvalue weighted by atomic mass is 16.5. The van der Waals surface area contributed by atoms with Crippen molar-refractivity contribution in [2.24, 2.45) is 0 Å². The van der Waals surface area contributed by atoms with Gasteiger partial charge in [-0.3, -0.25) is 4.79 Å². The number of carboxylic acid groups (broad SMARTS) is 1. The van der Waals surface area contributed by atoms with Crippen LogP contribution in [0.3, 0.4) is 0 Å². The fourth-order valence-corrected chi connectivity index (χ4v) is 2.52.